The maximum absolute atomic E-state index is 12.7. The van der Waals surface area contributed by atoms with Crippen LogP contribution in [0.15, 0.2) is 35.4 Å². The molecule has 6 heteroatoms. The molecule has 0 bridgehead atoms. The lowest BCUT2D eigenvalue weighted by molar-refractivity contribution is 0.102. The maximum atomic E-state index is 12.7. The molecule has 1 saturated carbocycles. The average molecular weight is 353 g/mol. The molecule has 0 radical (unpaired) electrons. The fraction of sp³-hybridized carbons (Fsp3) is 0.316. The summed E-state index contributed by atoms with van der Waals surface area (Å²) < 4.78 is 5.40. The molecule has 3 rings (SSSR count). The predicted molar refractivity (Wildman–Crippen MR) is 98.3 cm³/mol. The zero-order chi connectivity index (χ0) is 17.8. The molecule has 1 fully saturated rings. The van der Waals surface area contributed by atoms with Crippen molar-refractivity contribution >= 4 is 23.4 Å². The van der Waals surface area contributed by atoms with Gasteiger partial charge in [-0.25, -0.2) is 4.98 Å². The zero-order valence-corrected chi connectivity index (χ0v) is 15.0. The Morgan fingerprint density at radius 1 is 1.40 bits per heavy atom. The van der Waals surface area contributed by atoms with Crippen LogP contribution in [0.25, 0.3) is 0 Å². The summed E-state index contributed by atoms with van der Waals surface area (Å²) in [5, 5.41) is 13.0. The molecule has 0 aliphatic heterocycles. The van der Waals surface area contributed by atoms with Crippen LogP contribution < -0.4 is 10.1 Å². The van der Waals surface area contributed by atoms with Crippen LogP contribution in [0.1, 0.15) is 47.3 Å². The van der Waals surface area contributed by atoms with Crippen molar-refractivity contribution < 1.29 is 9.53 Å². The Hall–Kier alpha value is -2.52. The highest BCUT2D eigenvalue weighted by Gasteiger charge is 2.28. The van der Waals surface area contributed by atoms with Gasteiger partial charge in [0.1, 0.15) is 16.8 Å². The standard InChI is InChI=1S/C19H19N3O2S/c1-3-24-14-8-6-13(7-9-14)21-18(23)15-10-17(12-4-5-12)22-19(25-2)16(15)11-20/h6-10,12H,3-5H2,1-2H3,(H,21,23). The fourth-order valence-electron chi connectivity index (χ4n) is 2.56. The number of hydrogen-bond acceptors (Lipinski definition) is 5. The average Bonchev–Trinajstić information content (AvgIpc) is 3.47. The number of nitrogens with zero attached hydrogens (tertiary/aromatic N) is 2. The Labute approximate surface area is 151 Å². The Morgan fingerprint density at radius 2 is 2.12 bits per heavy atom. The molecule has 1 heterocycles. The van der Waals surface area contributed by atoms with Gasteiger partial charge >= 0.3 is 0 Å². The Bertz CT molecular complexity index is 824. The van der Waals surface area contributed by atoms with Crippen molar-refractivity contribution in [2.24, 2.45) is 0 Å². The van der Waals surface area contributed by atoms with E-state index in [4.69, 9.17) is 4.74 Å². The van der Waals surface area contributed by atoms with Crippen LogP contribution in [0.2, 0.25) is 0 Å². The van der Waals surface area contributed by atoms with Crippen molar-refractivity contribution in [2.75, 3.05) is 18.2 Å². The van der Waals surface area contributed by atoms with Gasteiger partial charge in [0.25, 0.3) is 5.91 Å². The van der Waals surface area contributed by atoms with E-state index in [9.17, 15) is 10.1 Å². The first-order valence-electron chi connectivity index (χ1n) is 8.19. The lowest BCUT2D eigenvalue weighted by atomic mass is 10.1. The van der Waals surface area contributed by atoms with Gasteiger partial charge in [0.05, 0.1) is 17.7 Å². The lowest BCUT2D eigenvalue weighted by Gasteiger charge is -2.11. The Balaban J connectivity index is 1.88. The van der Waals surface area contributed by atoms with Gasteiger partial charge in [0.15, 0.2) is 0 Å². The first-order chi connectivity index (χ1) is 12.2. The van der Waals surface area contributed by atoms with Gasteiger partial charge in [-0.3, -0.25) is 4.79 Å². The number of carbonyl (C=O) groups is 1. The molecule has 5 nitrogen and oxygen atoms in total. The number of anilines is 1. The molecule has 1 amide bonds. The van der Waals surface area contributed by atoms with E-state index in [2.05, 4.69) is 16.4 Å². The molecule has 25 heavy (non-hydrogen) atoms. The largest absolute Gasteiger partial charge is 0.494 e. The van der Waals surface area contributed by atoms with Gasteiger partial charge in [0.2, 0.25) is 0 Å². The van der Waals surface area contributed by atoms with Crippen molar-refractivity contribution in [1.29, 1.82) is 5.26 Å². The Kier molecular flexibility index (Phi) is 5.25. The van der Waals surface area contributed by atoms with Gasteiger partial charge in [-0.05, 0) is 56.4 Å². The van der Waals surface area contributed by atoms with Crippen LogP contribution in [-0.2, 0) is 0 Å². The van der Waals surface area contributed by atoms with Crippen LogP contribution in [0.5, 0.6) is 5.75 Å². The summed E-state index contributed by atoms with van der Waals surface area (Å²) in [5.74, 6) is 0.874. The molecular formula is C19H19N3O2S. The number of benzene rings is 1. The molecule has 1 N–H and O–H groups in total. The second kappa shape index (κ2) is 7.58. The molecule has 0 unspecified atom stereocenters. The fourth-order valence-corrected chi connectivity index (χ4v) is 3.12. The summed E-state index contributed by atoms with van der Waals surface area (Å²) in [5.41, 5.74) is 2.28. The van der Waals surface area contributed by atoms with Crippen molar-refractivity contribution in [1.82, 2.24) is 4.98 Å². The number of ether oxygens (including phenoxy) is 1. The number of thioether (sulfide) groups is 1. The van der Waals surface area contributed by atoms with Gasteiger partial charge in [0, 0.05) is 17.3 Å². The minimum Gasteiger partial charge on any atom is -0.494 e. The molecule has 1 aromatic heterocycles. The van der Waals surface area contributed by atoms with Gasteiger partial charge in [-0.1, -0.05) is 0 Å². The molecule has 2 aromatic rings. The summed E-state index contributed by atoms with van der Waals surface area (Å²) >= 11 is 1.39. The first kappa shape index (κ1) is 17.3. The number of hydrogen-bond donors (Lipinski definition) is 1. The number of nitriles is 1. The van der Waals surface area contributed by atoms with Crippen LogP contribution in [0.4, 0.5) is 5.69 Å². The van der Waals surface area contributed by atoms with Crippen LogP contribution >= 0.6 is 11.8 Å². The molecule has 1 aromatic carbocycles. The third kappa shape index (κ3) is 3.94. The summed E-state index contributed by atoms with van der Waals surface area (Å²) in [7, 11) is 0. The SMILES string of the molecule is CCOc1ccc(NC(=O)c2cc(C3CC3)nc(SC)c2C#N)cc1. The van der Waals surface area contributed by atoms with E-state index in [-0.39, 0.29) is 5.91 Å². The van der Waals surface area contributed by atoms with Crippen molar-refractivity contribution in [2.45, 2.75) is 30.7 Å². The van der Waals surface area contributed by atoms with E-state index in [1.807, 2.05) is 13.2 Å². The van der Waals surface area contributed by atoms with E-state index in [1.54, 1.807) is 30.3 Å². The summed E-state index contributed by atoms with van der Waals surface area (Å²) in [6.07, 6.45) is 4.05. The normalized spacial score (nSPS) is 13.2. The number of rotatable bonds is 6. The molecule has 0 atom stereocenters. The van der Waals surface area contributed by atoms with Gasteiger partial charge in [-0.2, -0.15) is 5.26 Å². The van der Waals surface area contributed by atoms with E-state index in [1.165, 1.54) is 11.8 Å². The third-order valence-electron chi connectivity index (χ3n) is 3.97. The lowest BCUT2D eigenvalue weighted by Crippen LogP contribution is -2.15. The van der Waals surface area contributed by atoms with E-state index >= 15 is 0 Å². The predicted octanol–water partition coefficient (Wildman–Crippen LogP) is 4.20. The summed E-state index contributed by atoms with van der Waals surface area (Å²) in [6, 6.07) is 11.1. The van der Waals surface area contributed by atoms with Crippen molar-refractivity contribution in [3.8, 4) is 11.8 Å². The monoisotopic (exact) mass is 353 g/mol. The molecule has 1 aliphatic carbocycles. The van der Waals surface area contributed by atoms with E-state index in [0.29, 0.717) is 34.4 Å². The maximum Gasteiger partial charge on any atom is 0.257 e. The summed E-state index contributed by atoms with van der Waals surface area (Å²) in [4.78, 5) is 17.3. The van der Waals surface area contributed by atoms with Gasteiger partial charge < -0.3 is 10.1 Å². The molecular weight excluding hydrogens is 334 g/mol. The second-order valence-corrected chi connectivity index (χ2v) is 6.57. The number of carbonyl (C=O) groups excluding carboxylic acids is 1. The van der Waals surface area contributed by atoms with Crippen LogP contribution in [0, 0.1) is 11.3 Å². The highest BCUT2D eigenvalue weighted by Crippen LogP contribution is 2.40. The van der Waals surface area contributed by atoms with Crippen molar-refractivity contribution in [3.05, 3.63) is 47.2 Å². The van der Waals surface area contributed by atoms with Gasteiger partial charge in [-0.15, -0.1) is 11.8 Å². The van der Waals surface area contributed by atoms with Crippen LogP contribution in [-0.4, -0.2) is 23.8 Å². The molecule has 0 spiro atoms. The van der Waals surface area contributed by atoms with Crippen molar-refractivity contribution in [3.63, 3.8) is 0 Å². The second-order valence-electron chi connectivity index (χ2n) is 5.78. The highest BCUT2D eigenvalue weighted by atomic mass is 32.2. The minimum absolute atomic E-state index is 0.291. The molecule has 0 saturated heterocycles. The van der Waals surface area contributed by atoms with E-state index in [0.717, 1.165) is 24.3 Å². The highest BCUT2D eigenvalue weighted by molar-refractivity contribution is 7.98. The smallest absolute Gasteiger partial charge is 0.257 e. The Morgan fingerprint density at radius 3 is 2.68 bits per heavy atom. The number of nitrogens with one attached hydrogen (secondary N) is 1. The van der Waals surface area contributed by atoms with E-state index < -0.39 is 0 Å². The number of amides is 1. The number of aromatic nitrogens is 1. The third-order valence-corrected chi connectivity index (χ3v) is 4.66. The minimum atomic E-state index is -0.291. The quantitative estimate of drug-likeness (QED) is 0.788. The first-order valence-corrected chi connectivity index (χ1v) is 9.42. The number of pyridine rings is 1. The zero-order valence-electron chi connectivity index (χ0n) is 14.2. The van der Waals surface area contributed by atoms with Crippen LogP contribution in [0.3, 0.4) is 0 Å². The molecule has 128 valence electrons. The topological polar surface area (TPSA) is 75.0 Å². The summed E-state index contributed by atoms with van der Waals surface area (Å²) in [6.45, 7) is 2.51. The molecule has 1 aliphatic rings.